The summed E-state index contributed by atoms with van der Waals surface area (Å²) < 4.78 is 0. The lowest BCUT2D eigenvalue weighted by atomic mass is 9.89. The average Bonchev–Trinajstić information content (AvgIpc) is 2.44. The van der Waals surface area contributed by atoms with E-state index >= 15 is 0 Å². The van der Waals surface area contributed by atoms with Crippen LogP contribution in [0.25, 0.3) is 0 Å². The third-order valence-corrected chi connectivity index (χ3v) is 3.87. The first-order valence-corrected chi connectivity index (χ1v) is 6.93. The van der Waals surface area contributed by atoms with Crippen LogP contribution in [0, 0.1) is 0 Å². The van der Waals surface area contributed by atoms with Crippen LogP contribution in [0.4, 0.5) is 0 Å². The Hall–Kier alpha value is -1.31. The Bertz CT molecular complexity index is 579. The number of carbonyl (C=O) groups is 1. The lowest BCUT2D eigenvalue weighted by molar-refractivity contribution is 0.0957. The van der Waals surface area contributed by atoms with Crippen LogP contribution in [0.2, 0.25) is 10.0 Å². The summed E-state index contributed by atoms with van der Waals surface area (Å²) in [5.41, 5.74) is 1.63. The van der Waals surface area contributed by atoms with Crippen LogP contribution in [-0.4, -0.2) is 5.78 Å². The Morgan fingerprint density at radius 2 is 1.74 bits per heavy atom. The molecule has 98 valence electrons. The fourth-order valence-electron chi connectivity index (χ4n) is 2.11. The molecule has 1 nitrogen and oxygen atoms in total. The van der Waals surface area contributed by atoms with Gasteiger partial charge in [-0.25, -0.2) is 0 Å². The molecular formula is C16H14Cl2O. The number of rotatable bonds is 4. The second-order valence-electron chi connectivity index (χ2n) is 4.36. The third kappa shape index (κ3) is 3.17. The monoisotopic (exact) mass is 292 g/mol. The highest BCUT2D eigenvalue weighted by Crippen LogP contribution is 2.28. The summed E-state index contributed by atoms with van der Waals surface area (Å²) in [4.78, 5) is 12.5. The number of hydrogen-bond donors (Lipinski definition) is 0. The maximum atomic E-state index is 12.5. The molecule has 0 aliphatic heterocycles. The fourth-order valence-corrected chi connectivity index (χ4v) is 2.41. The second-order valence-corrected chi connectivity index (χ2v) is 5.18. The van der Waals surface area contributed by atoms with Gasteiger partial charge in [-0.3, -0.25) is 4.79 Å². The standard InChI is InChI=1S/C16H14Cl2O/c1-2-13(11-6-4-3-5-7-11)16(19)12-8-9-14(17)15(18)10-12/h3-10,13H,2H2,1H3. The van der Waals surface area contributed by atoms with Crippen molar-refractivity contribution in [2.45, 2.75) is 19.3 Å². The van der Waals surface area contributed by atoms with E-state index in [0.29, 0.717) is 15.6 Å². The SMILES string of the molecule is CCC(C(=O)c1ccc(Cl)c(Cl)c1)c1ccccc1. The van der Waals surface area contributed by atoms with Crippen LogP contribution >= 0.6 is 23.2 Å². The highest BCUT2D eigenvalue weighted by atomic mass is 35.5. The molecule has 0 aromatic heterocycles. The molecular weight excluding hydrogens is 279 g/mol. The lowest BCUT2D eigenvalue weighted by Crippen LogP contribution is -2.12. The van der Waals surface area contributed by atoms with Crippen LogP contribution in [0.1, 0.15) is 35.2 Å². The van der Waals surface area contributed by atoms with Gasteiger partial charge in [0.1, 0.15) is 0 Å². The summed E-state index contributed by atoms with van der Waals surface area (Å²) in [5, 5.41) is 0.876. The molecule has 0 amide bonds. The van der Waals surface area contributed by atoms with Gasteiger partial charge in [0.25, 0.3) is 0 Å². The van der Waals surface area contributed by atoms with Crippen molar-refractivity contribution < 1.29 is 4.79 Å². The quantitative estimate of drug-likeness (QED) is 0.692. The Morgan fingerprint density at radius 1 is 1.05 bits per heavy atom. The molecule has 0 saturated heterocycles. The summed E-state index contributed by atoms with van der Waals surface area (Å²) in [5.74, 6) is -0.0642. The molecule has 19 heavy (non-hydrogen) atoms. The van der Waals surface area contributed by atoms with E-state index in [9.17, 15) is 4.79 Å². The van der Waals surface area contributed by atoms with E-state index in [4.69, 9.17) is 23.2 Å². The zero-order chi connectivity index (χ0) is 13.8. The fraction of sp³-hybridized carbons (Fsp3) is 0.188. The highest BCUT2D eigenvalue weighted by molar-refractivity contribution is 6.42. The van der Waals surface area contributed by atoms with Crippen molar-refractivity contribution in [3.05, 3.63) is 69.7 Å². The van der Waals surface area contributed by atoms with Crippen molar-refractivity contribution in [3.8, 4) is 0 Å². The lowest BCUT2D eigenvalue weighted by Gasteiger charge is -2.14. The van der Waals surface area contributed by atoms with E-state index in [1.807, 2.05) is 37.3 Å². The molecule has 0 saturated carbocycles. The van der Waals surface area contributed by atoms with Gasteiger partial charge >= 0.3 is 0 Å². The van der Waals surface area contributed by atoms with Crippen LogP contribution < -0.4 is 0 Å². The van der Waals surface area contributed by atoms with E-state index in [-0.39, 0.29) is 11.7 Å². The van der Waals surface area contributed by atoms with Crippen LogP contribution in [-0.2, 0) is 0 Å². The minimum atomic E-state index is -0.140. The molecule has 2 rings (SSSR count). The molecule has 2 aromatic rings. The predicted octanol–water partition coefficient (Wildman–Crippen LogP) is 5.37. The molecule has 0 spiro atoms. The van der Waals surface area contributed by atoms with E-state index in [1.54, 1.807) is 18.2 Å². The maximum absolute atomic E-state index is 12.5. The first kappa shape index (κ1) is 14.1. The van der Waals surface area contributed by atoms with Gasteiger partial charge in [0.05, 0.1) is 10.0 Å². The van der Waals surface area contributed by atoms with Crippen molar-refractivity contribution in [1.29, 1.82) is 0 Å². The first-order chi connectivity index (χ1) is 9.13. The van der Waals surface area contributed by atoms with Crippen LogP contribution in [0.3, 0.4) is 0 Å². The first-order valence-electron chi connectivity index (χ1n) is 6.17. The number of halogens is 2. The molecule has 0 aliphatic carbocycles. The zero-order valence-corrected chi connectivity index (χ0v) is 12.1. The molecule has 0 aliphatic rings. The van der Waals surface area contributed by atoms with Gasteiger partial charge in [-0.05, 0) is 30.2 Å². The smallest absolute Gasteiger partial charge is 0.170 e. The van der Waals surface area contributed by atoms with Crippen molar-refractivity contribution in [3.63, 3.8) is 0 Å². The van der Waals surface area contributed by atoms with E-state index in [0.717, 1.165) is 12.0 Å². The summed E-state index contributed by atoms with van der Waals surface area (Å²) >= 11 is 11.8. The molecule has 0 bridgehead atoms. The molecule has 3 heteroatoms. The molecule has 1 atom stereocenters. The van der Waals surface area contributed by atoms with Crippen molar-refractivity contribution >= 4 is 29.0 Å². The molecule has 0 fully saturated rings. The third-order valence-electron chi connectivity index (χ3n) is 3.13. The van der Waals surface area contributed by atoms with Gasteiger partial charge in [-0.2, -0.15) is 0 Å². The minimum Gasteiger partial charge on any atom is -0.293 e. The Labute approximate surface area is 123 Å². The van der Waals surface area contributed by atoms with Gasteiger partial charge in [-0.1, -0.05) is 60.5 Å². The number of Topliss-reactive ketones (excluding diaryl/α,β-unsaturated/α-hetero) is 1. The second kappa shape index (κ2) is 6.23. The zero-order valence-electron chi connectivity index (χ0n) is 10.6. The van der Waals surface area contributed by atoms with Crippen molar-refractivity contribution in [2.75, 3.05) is 0 Å². The normalized spacial score (nSPS) is 12.2. The van der Waals surface area contributed by atoms with Crippen molar-refractivity contribution in [1.82, 2.24) is 0 Å². The summed E-state index contributed by atoms with van der Waals surface area (Å²) in [7, 11) is 0. The highest BCUT2D eigenvalue weighted by Gasteiger charge is 2.20. The number of ketones is 1. The largest absolute Gasteiger partial charge is 0.293 e. The van der Waals surface area contributed by atoms with Gasteiger partial charge in [0, 0.05) is 11.5 Å². The molecule has 0 radical (unpaired) electrons. The average molecular weight is 293 g/mol. The van der Waals surface area contributed by atoms with Gasteiger partial charge in [-0.15, -0.1) is 0 Å². The summed E-state index contributed by atoms with van der Waals surface area (Å²) in [6.07, 6.45) is 0.753. The molecule has 2 aromatic carbocycles. The van der Waals surface area contributed by atoms with Crippen molar-refractivity contribution in [2.24, 2.45) is 0 Å². The molecule has 0 N–H and O–H groups in total. The maximum Gasteiger partial charge on any atom is 0.170 e. The molecule has 0 heterocycles. The summed E-state index contributed by atoms with van der Waals surface area (Å²) in [6, 6.07) is 14.8. The Kier molecular flexibility index (Phi) is 4.62. The van der Waals surface area contributed by atoms with Crippen LogP contribution in [0.5, 0.6) is 0 Å². The van der Waals surface area contributed by atoms with Gasteiger partial charge < -0.3 is 0 Å². The van der Waals surface area contributed by atoms with E-state index in [1.165, 1.54) is 0 Å². The van der Waals surface area contributed by atoms with E-state index in [2.05, 4.69) is 0 Å². The Morgan fingerprint density at radius 3 is 2.32 bits per heavy atom. The summed E-state index contributed by atoms with van der Waals surface area (Å²) in [6.45, 7) is 2.01. The Balaban J connectivity index is 2.33. The predicted molar refractivity (Wildman–Crippen MR) is 80.3 cm³/mol. The minimum absolute atomic E-state index is 0.0762. The van der Waals surface area contributed by atoms with Crippen LogP contribution in [0.15, 0.2) is 48.5 Å². The number of benzene rings is 2. The van der Waals surface area contributed by atoms with Gasteiger partial charge in [0.2, 0.25) is 0 Å². The topological polar surface area (TPSA) is 17.1 Å². The number of hydrogen-bond acceptors (Lipinski definition) is 1. The number of carbonyl (C=O) groups excluding carboxylic acids is 1. The van der Waals surface area contributed by atoms with Gasteiger partial charge in [0.15, 0.2) is 5.78 Å². The van der Waals surface area contributed by atoms with E-state index < -0.39 is 0 Å². The molecule has 1 unspecified atom stereocenters.